The Hall–Kier alpha value is -1.16. The molecule has 1 aromatic carbocycles. The molecule has 62 valence electrons. The minimum Gasteiger partial charge on any atom is -0.505 e. The first kappa shape index (κ1) is 7.49. The van der Waals surface area contributed by atoms with E-state index in [4.69, 9.17) is 5.11 Å². The van der Waals surface area contributed by atoms with E-state index in [0.717, 1.165) is 17.4 Å². The van der Waals surface area contributed by atoms with Crippen LogP contribution in [0, 0.1) is 10.9 Å². The summed E-state index contributed by atoms with van der Waals surface area (Å²) in [4.78, 5) is 0. The van der Waals surface area contributed by atoms with E-state index < -0.39 is 11.6 Å². The van der Waals surface area contributed by atoms with Crippen LogP contribution in [0.15, 0.2) is 18.2 Å². The summed E-state index contributed by atoms with van der Waals surface area (Å²) < 4.78 is 25.8. The number of phenols is 1. The first-order chi connectivity index (χ1) is 5.66. The van der Waals surface area contributed by atoms with Crippen molar-refractivity contribution in [1.29, 1.82) is 0 Å². The monoisotopic (exact) mass is 186 g/mol. The zero-order chi connectivity index (χ0) is 8.72. The maximum absolute atomic E-state index is 12.7. The quantitative estimate of drug-likeness (QED) is 0.670. The molecule has 0 aliphatic carbocycles. The van der Waals surface area contributed by atoms with Gasteiger partial charge in [0, 0.05) is 4.70 Å². The van der Waals surface area contributed by atoms with Crippen LogP contribution < -0.4 is 0 Å². The highest BCUT2D eigenvalue weighted by Gasteiger charge is 2.06. The highest BCUT2D eigenvalue weighted by Crippen LogP contribution is 2.29. The van der Waals surface area contributed by atoms with Crippen LogP contribution in [0.5, 0.6) is 5.75 Å². The van der Waals surface area contributed by atoms with Gasteiger partial charge in [-0.1, -0.05) is 0 Å². The Balaban J connectivity index is 2.83. The Labute approximate surface area is 70.9 Å². The molecular weight excluding hydrogens is 182 g/mol. The van der Waals surface area contributed by atoms with Crippen molar-refractivity contribution >= 4 is 21.4 Å². The summed E-state index contributed by atoms with van der Waals surface area (Å²) in [6.07, 6.45) is 0. The summed E-state index contributed by atoms with van der Waals surface area (Å²) in [5.41, 5.74) is 0. The van der Waals surface area contributed by atoms with Crippen LogP contribution in [0.1, 0.15) is 0 Å². The molecule has 0 fully saturated rings. The molecule has 0 spiro atoms. The van der Waals surface area contributed by atoms with Crippen molar-refractivity contribution in [3.63, 3.8) is 0 Å². The molecule has 0 unspecified atom stereocenters. The molecule has 12 heavy (non-hydrogen) atoms. The van der Waals surface area contributed by atoms with E-state index in [-0.39, 0.29) is 5.13 Å². The van der Waals surface area contributed by atoms with Crippen molar-refractivity contribution in [2.24, 2.45) is 0 Å². The Bertz CT molecular complexity index is 397. The zero-order valence-corrected chi connectivity index (χ0v) is 6.66. The van der Waals surface area contributed by atoms with Crippen LogP contribution in [0.2, 0.25) is 0 Å². The summed E-state index contributed by atoms with van der Waals surface area (Å²) in [7, 11) is 0. The lowest BCUT2D eigenvalue weighted by molar-refractivity contribution is 0.434. The van der Waals surface area contributed by atoms with Gasteiger partial charge in [0.1, 0.15) is 0 Å². The smallest absolute Gasteiger partial charge is 0.177 e. The number of aromatic hydroxyl groups is 1. The lowest BCUT2D eigenvalue weighted by Gasteiger charge is -1.93. The van der Waals surface area contributed by atoms with E-state index >= 15 is 0 Å². The van der Waals surface area contributed by atoms with Gasteiger partial charge in [0.05, 0.1) is 0 Å². The van der Waals surface area contributed by atoms with E-state index in [0.29, 0.717) is 10.1 Å². The molecule has 0 saturated carbocycles. The molecule has 0 amide bonds. The van der Waals surface area contributed by atoms with Crippen molar-refractivity contribution in [3.8, 4) is 5.75 Å². The number of fused-ring (bicyclic) bond motifs is 1. The lowest BCUT2D eigenvalue weighted by atomic mass is 10.2. The van der Waals surface area contributed by atoms with Crippen molar-refractivity contribution in [2.45, 2.75) is 0 Å². The van der Waals surface area contributed by atoms with Crippen molar-refractivity contribution in [2.75, 3.05) is 0 Å². The second-order valence-electron chi connectivity index (χ2n) is 2.39. The Morgan fingerprint density at radius 3 is 2.67 bits per heavy atom. The predicted molar refractivity (Wildman–Crippen MR) is 43.4 cm³/mol. The van der Waals surface area contributed by atoms with Gasteiger partial charge in [-0.2, -0.15) is 4.39 Å². The van der Waals surface area contributed by atoms with Crippen molar-refractivity contribution in [3.05, 3.63) is 29.1 Å². The van der Waals surface area contributed by atoms with Crippen LogP contribution in [0.25, 0.3) is 10.1 Å². The molecule has 1 nitrogen and oxygen atoms in total. The highest BCUT2D eigenvalue weighted by molar-refractivity contribution is 7.17. The second kappa shape index (κ2) is 2.42. The fourth-order valence-corrected chi connectivity index (χ4v) is 1.81. The van der Waals surface area contributed by atoms with Gasteiger partial charge < -0.3 is 5.11 Å². The number of thiophene rings is 1. The molecule has 2 rings (SSSR count). The molecule has 2 aromatic rings. The first-order valence-corrected chi connectivity index (χ1v) is 4.06. The molecule has 1 heterocycles. The van der Waals surface area contributed by atoms with Crippen LogP contribution in [-0.2, 0) is 0 Å². The lowest BCUT2D eigenvalue weighted by Crippen LogP contribution is -1.73. The summed E-state index contributed by atoms with van der Waals surface area (Å²) in [5.74, 6) is -1.16. The third kappa shape index (κ3) is 1.04. The van der Waals surface area contributed by atoms with Gasteiger partial charge in [0.25, 0.3) is 0 Å². The molecule has 0 atom stereocenters. The summed E-state index contributed by atoms with van der Waals surface area (Å²) in [5, 5.41) is 9.08. The van der Waals surface area contributed by atoms with Gasteiger partial charge in [0.2, 0.25) is 0 Å². The highest BCUT2D eigenvalue weighted by atomic mass is 32.1. The van der Waals surface area contributed by atoms with Gasteiger partial charge in [0.15, 0.2) is 16.7 Å². The predicted octanol–water partition coefficient (Wildman–Crippen LogP) is 2.89. The Morgan fingerprint density at radius 1 is 1.17 bits per heavy atom. The van der Waals surface area contributed by atoms with E-state index in [1.807, 2.05) is 0 Å². The summed E-state index contributed by atoms with van der Waals surface area (Å²) in [6, 6.07) is 3.60. The largest absolute Gasteiger partial charge is 0.505 e. The molecule has 0 radical (unpaired) electrons. The molecule has 1 N–H and O–H groups in total. The van der Waals surface area contributed by atoms with Crippen LogP contribution in [0.4, 0.5) is 8.78 Å². The second-order valence-corrected chi connectivity index (χ2v) is 3.43. The molecule has 0 saturated heterocycles. The SMILES string of the molecule is Oc1cc2cc(F)sc2cc1F. The number of hydrogen-bond donors (Lipinski definition) is 1. The topological polar surface area (TPSA) is 20.2 Å². The number of benzene rings is 1. The number of halogens is 2. The van der Waals surface area contributed by atoms with E-state index in [1.54, 1.807) is 0 Å². The average Bonchev–Trinajstić information content (AvgIpc) is 2.30. The van der Waals surface area contributed by atoms with Crippen molar-refractivity contribution in [1.82, 2.24) is 0 Å². The van der Waals surface area contributed by atoms with Crippen LogP contribution in [-0.4, -0.2) is 5.11 Å². The van der Waals surface area contributed by atoms with Crippen LogP contribution in [0.3, 0.4) is 0 Å². The average molecular weight is 186 g/mol. The van der Waals surface area contributed by atoms with Crippen LogP contribution >= 0.6 is 11.3 Å². The van der Waals surface area contributed by atoms with Gasteiger partial charge in [-0.15, -0.1) is 11.3 Å². The number of phenolic OH excluding ortho intramolecular Hbond substituents is 1. The van der Waals surface area contributed by atoms with E-state index in [9.17, 15) is 8.78 Å². The third-order valence-electron chi connectivity index (χ3n) is 1.56. The molecule has 4 heteroatoms. The van der Waals surface area contributed by atoms with Gasteiger partial charge >= 0.3 is 0 Å². The molecule has 1 aromatic heterocycles. The molecule has 0 aliphatic rings. The van der Waals surface area contributed by atoms with E-state index in [2.05, 4.69) is 0 Å². The minimum atomic E-state index is -0.718. The van der Waals surface area contributed by atoms with Gasteiger partial charge in [-0.25, -0.2) is 4.39 Å². The summed E-state index contributed by atoms with van der Waals surface area (Å²) in [6.45, 7) is 0. The zero-order valence-electron chi connectivity index (χ0n) is 5.84. The minimum absolute atomic E-state index is 0.380. The summed E-state index contributed by atoms with van der Waals surface area (Å²) >= 11 is 0.857. The standard InChI is InChI=1S/C8H4F2OS/c9-5-3-7-4(1-6(5)11)2-8(10)12-7/h1-3,11H. The fourth-order valence-electron chi connectivity index (χ4n) is 1.02. The fraction of sp³-hybridized carbons (Fsp3) is 0. The molecular formula is C8H4F2OS. The Kier molecular flexibility index (Phi) is 1.51. The number of hydrogen-bond acceptors (Lipinski definition) is 2. The van der Waals surface area contributed by atoms with E-state index in [1.165, 1.54) is 12.1 Å². The molecule has 0 aliphatic heterocycles. The maximum Gasteiger partial charge on any atom is 0.177 e. The molecule has 0 bridgehead atoms. The van der Waals surface area contributed by atoms with Gasteiger partial charge in [-0.3, -0.25) is 0 Å². The normalized spacial score (nSPS) is 10.8. The van der Waals surface area contributed by atoms with Crippen molar-refractivity contribution < 1.29 is 13.9 Å². The number of rotatable bonds is 0. The third-order valence-corrected chi connectivity index (χ3v) is 2.44. The maximum atomic E-state index is 12.7. The first-order valence-electron chi connectivity index (χ1n) is 3.24. The Morgan fingerprint density at radius 2 is 1.92 bits per heavy atom. The van der Waals surface area contributed by atoms with Gasteiger partial charge in [-0.05, 0) is 23.6 Å².